The molecule has 25 heavy (non-hydrogen) atoms. The van der Waals surface area contributed by atoms with E-state index in [-0.39, 0.29) is 5.91 Å². The molecule has 1 amide bonds. The highest BCUT2D eigenvalue weighted by molar-refractivity contribution is 6.06. The largest absolute Gasteiger partial charge is 0.333 e. The van der Waals surface area contributed by atoms with E-state index >= 15 is 0 Å². The van der Waals surface area contributed by atoms with Crippen molar-refractivity contribution in [1.29, 1.82) is 0 Å². The lowest BCUT2D eigenvalue weighted by Gasteiger charge is -2.11. The maximum atomic E-state index is 12.7. The summed E-state index contributed by atoms with van der Waals surface area (Å²) < 4.78 is 1.95. The normalized spacial score (nSPS) is 10.7. The molecule has 4 rings (SSSR count). The number of benzene rings is 3. The molecule has 0 spiro atoms. The van der Waals surface area contributed by atoms with E-state index < -0.39 is 0 Å². The number of nitrogens with zero attached hydrogens (tertiary/aromatic N) is 2. The van der Waals surface area contributed by atoms with E-state index in [1.807, 2.05) is 65.4 Å². The van der Waals surface area contributed by atoms with Crippen LogP contribution in [0, 0.1) is 6.07 Å². The van der Waals surface area contributed by atoms with Crippen LogP contribution in [-0.4, -0.2) is 15.5 Å². The zero-order valence-corrected chi connectivity index (χ0v) is 13.5. The molecule has 3 aromatic carbocycles. The quantitative estimate of drug-likeness (QED) is 0.613. The van der Waals surface area contributed by atoms with Crippen LogP contribution in [0.5, 0.6) is 0 Å². The predicted octanol–water partition coefficient (Wildman–Crippen LogP) is 4.14. The molecule has 1 N–H and O–H groups in total. The Labute approximate surface area is 145 Å². The summed E-state index contributed by atoms with van der Waals surface area (Å²) in [7, 11) is 0. The Balaban J connectivity index is 1.59. The third-order valence-corrected chi connectivity index (χ3v) is 4.10. The third kappa shape index (κ3) is 3.28. The van der Waals surface area contributed by atoms with E-state index in [2.05, 4.69) is 16.4 Å². The van der Waals surface area contributed by atoms with E-state index in [4.69, 9.17) is 0 Å². The first-order valence-electron chi connectivity index (χ1n) is 8.05. The second kappa shape index (κ2) is 6.61. The molecule has 4 heteroatoms. The molecule has 0 saturated heterocycles. The van der Waals surface area contributed by atoms with Gasteiger partial charge in [0.05, 0.1) is 18.6 Å². The number of para-hydroxylation sites is 1. The van der Waals surface area contributed by atoms with Crippen molar-refractivity contribution in [3.8, 4) is 0 Å². The molecule has 0 fully saturated rings. The Hall–Kier alpha value is -3.40. The maximum absolute atomic E-state index is 12.7. The van der Waals surface area contributed by atoms with Gasteiger partial charge < -0.3 is 9.88 Å². The fourth-order valence-electron chi connectivity index (χ4n) is 2.81. The predicted molar refractivity (Wildman–Crippen MR) is 98.5 cm³/mol. The molecule has 0 atom stereocenters. The van der Waals surface area contributed by atoms with Crippen LogP contribution in [-0.2, 0) is 6.54 Å². The maximum Gasteiger partial charge on any atom is 0.255 e. The summed E-state index contributed by atoms with van der Waals surface area (Å²) in [5.41, 5.74) is 2.30. The molecule has 0 aliphatic rings. The SMILES string of the molecule is O=C(Nc1[c]cccc1Cn1ccnc1)c1ccc2ccccc2c1. The van der Waals surface area contributed by atoms with Gasteiger partial charge in [-0.05, 0) is 28.5 Å². The molecule has 4 aromatic rings. The average molecular weight is 326 g/mol. The Morgan fingerprint density at radius 1 is 1.08 bits per heavy atom. The van der Waals surface area contributed by atoms with Gasteiger partial charge in [-0.2, -0.15) is 0 Å². The van der Waals surface area contributed by atoms with Gasteiger partial charge in [0.2, 0.25) is 0 Å². The van der Waals surface area contributed by atoms with Gasteiger partial charge in [-0.1, -0.05) is 48.5 Å². The lowest BCUT2D eigenvalue weighted by molar-refractivity contribution is 0.102. The minimum absolute atomic E-state index is 0.139. The Kier molecular flexibility index (Phi) is 4.01. The smallest absolute Gasteiger partial charge is 0.255 e. The van der Waals surface area contributed by atoms with Crippen LogP contribution < -0.4 is 5.32 Å². The van der Waals surface area contributed by atoms with Crippen LogP contribution in [0.1, 0.15) is 15.9 Å². The van der Waals surface area contributed by atoms with Crippen molar-refractivity contribution in [3.05, 3.63) is 96.6 Å². The fourth-order valence-corrected chi connectivity index (χ4v) is 2.81. The van der Waals surface area contributed by atoms with E-state index in [1.165, 1.54) is 0 Å². The Morgan fingerprint density at radius 3 is 2.80 bits per heavy atom. The standard InChI is InChI=1S/C21H16N3O/c25-21(18-10-9-16-5-1-2-6-17(16)13-18)23-20-8-4-3-7-19(20)14-24-12-11-22-15-24/h1-7,9-13,15H,14H2,(H,23,25). The van der Waals surface area contributed by atoms with Crippen molar-refractivity contribution in [2.24, 2.45) is 0 Å². The van der Waals surface area contributed by atoms with Crippen LogP contribution in [0.15, 0.2) is 79.4 Å². The number of amides is 1. The zero-order valence-electron chi connectivity index (χ0n) is 13.5. The second-order valence-electron chi connectivity index (χ2n) is 5.82. The lowest BCUT2D eigenvalue weighted by atomic mass is 10.1. The molecule has 1 heterocycles. The monoisotopic (exact) mass is 326 g/mol. The molecule has 0 aliphatic carbocycles. The minimum Gasteiger partial charge on any atom is -0.333 e. The Bertz CT molecular complexity index is 1020. The number of aromatic nitrogens is 2. The topological polar surface area (TPSA) is 46.9 Å². The first-order valence-corrected chi connectivity index (χ1v) is 8.05. The zero-order chi connectivity index (χ0) is 17.1. The number of nitrogens with one attached hydrogen (secondary N) is 1. The summed E-state index contributed by atoms with van der Waals surface area (Å²) in [6.07, 6.45) is 5.38. The first-order chi connectivity index (χ1) is 12.3. The summed E-state index contributed by atoms with van der Waals surface area (Å²) in [4.78, 5) is 16.7. The molecule has 4 nitrogen and oxygen atoms in total. The van der Waals surface area contributed by atoms with E-state index in [1.54, 1.807) is 18.6 Å². The average Bonchev–Trinajstić information content (AvgIpc) is 3.16. The Morgan fingerprint density at radius 2 is 1.96 bits per heavy atom. The minimum atomic E-state index is -0.139. The van der Waals surface area contributed by atoms with Gasteiger partial charge in [-0.15, -0.1) is 0 Å². The van der Waals surface area contributed by atoms with Crippen LogP contribution in [0.2, 0.25) is 0 Å². The number of rotatable bonds is 4. The number of imidazole rings is 1. The van der Waals surface area contributed by atoms with Crippen LogP contribution in [0.4, 0.5) is 5.69 Å². The third-order valence-electron chi connectivity index (χ3n) is 4.10. The molecule has 0 unspecified atom stereocenters. The van der Waals surface area contributed by atoms with Crippen molar-refractivity contribution in [1.82, 2.24) is 9.55 Å². The number of hydrogen-bond donors (Lipinski definition) is 1. The number of hydrogen-bond acceptors (Lipinski definition) is 2. The number of fused-ring (bicyclic) bond motifs is 1. The van der Waals surface area contributed by atoms with Crippen LogP contribution >= 0.6 is 0 Å². The molecule has 0 saturated carbocycles. The van der Waals surface area contributed by atoms with E-state index in [0.717, 1.165) is 16.3 Å². The summed E-state index contributed by atoms with van der Waals surface area (Å²) in [5.74, 6) is -0.139. The van der Waals surface area contributed by atoms with Gasteiger partial charge in [0.1, 0.15) is 0 Å². The van der Waals surface area contributed by atoms with Gasteiger partial charge >= 0.3 is 0 Å². The van der Waals surface area contributed by atoms with E-state index in [9.17, 15) is 4.79 Å². The van der Waals surface area contributed by atoms with Gasteiger partial charge in [0, 0.05) is 24.0 Å². The summed E-state index contributed by atoms with van der Waals surface area (Å²) in [5, 5.41) is 5.14. The van der Waals surface area contributed by atoms with Crippen LogP contribution in [0.25, 0.3) is 10.8 Å². The van der Waals surface area contributed by atoms with Gasteiger partial charge in [-0.3, -0.25) is 4.79 Å². The summed E-state index contributed by atoms with van der Waals surface area (Å²) in [6, 6.07) is 22.5. The molecule has 121 valence electrons. The van der Waals surface area contributed by atoms with Gasteiger partial charge in [-0.25, -0.2) is 4.98 Å². The summed E-state index contributed by atoms with van der Waals surface area (Å²) in [6.45, 7) is 0.630. The highest BCUT2D eigenvalue weighted by atomic mass is 16.1. The molecule has 0 bridgehead atoms. The van der Waals surface area contributed by atoms with Crippen molar-refractivity contribution in [3.63, 3.8) is 0 Å². The highest BCUT2D eigenvalue weighted by Gasteiger charge is 2.10. The van der Waals surface area contributed by atoms with Gasteiger partial charge in [0.15, 0.2) is 0 Å². The van der Waals surface area contributed by atoms with Crippen molar-refractivity contribution in [2.45, 2.75) is 6.54 Å². The highest BCUT2D eigenvalue weighted by Crippen LogP contribution is 2.19. The second-order valence-corrected chi connectivity index (χ2v) is 5.82. The van der Waals surface area contributed by atoms with Crippen molar-refractivity contribution >= 4 is 22.4 Å². The lowest BCUT2D eigenvalue weighted by Crippen LogP contribution is -2.14. The van der Waals surface area contributed by atoms with Gasteiger partial charge in [0.25, 0.3) is 5.91 Å². The van der Waals surface area contributed by atoms with E-state index in [0.29, 0.717) is 17.8 Å². The van der Waals surface area contributed by atoms with Crippen LogP contribution in [0.3, 0.4) is 0 Å². The number of carbonyl (C=O) groups excluding carboxylic acids is 1. The first kappa shape index (κ1) is 15.1. The molecule has 0 aliphatic heterocycles. The van der Waals surface area contributed by atoms with Crippen molar-refractivity contribution in [2.75, 3.05) is 5.32 Å². The molecule has 1 radical (unpaired) electrons. The number of anilines is 1. The fraction of sp³-hybridized carbons (Fsp3) is 0.0476. The summed E-state index contributed by atoms with van der Waals surface area (Å²) >= 11 is 0. The molecule has 1 aromatic heterocycles. The van der Waals surface area contributed by atoms with Crippen molar-refractivity contribution < 1.29 is 4.79 Å². The molecular weight excluding hydrogens is 310 g/mol. The molecular formula is C21H16N3O. The number of carbonyl (C=O) groups is 1.